The van der Waals surface area contributed by atoms with Gasteiger partial charge in [-0.05, 0) is 30.5 Å². The number of fused-ring (bicyclic) bond motifs is 3. The zero-order chi connectivity index (χ0) is 17.1. The van der Waals surface area contributed by atoms with Crippen LogP contribution < -0.4 is 4.90 Å². The van der Waals surface area contributed by atoms with Crippen LogP contribution >= 0.6 is 0 Å². The highest BCUT2D eigenvalue weighted by Crippen LogP contribution is 2.27. The van der Waals surface area contributed by atoms with E-state index in [0.717, 1.165) is 44.3 Å². The second kappa shape index (κ2) is 7.28. The number of benzene rings is 2. The van der Waals surface area contributed by atoms with Crippen molar-refractivity contribution in [2.24, 2.45) is 0 Å². The summed E-state index contributed by atoms with van der Waals surface area (Å²) in [4.78, 5) is 9.88. The van der Waals surface area contributed by atoms with Crippen LogP contribution in [0.5, 0.6) is 0 Å². The summed E-state index contributed by atoms with van der Waals surface area (Å²) in [6.07, 6.45) is 3.50. The van der Waals surface area contributed by atoms with Gasteiger partial charge in [-0.2, -0.15) is 0 Å². The van der Waals surface area contributed by atoms with Crippen molar-refractivity contribution in [3.8, 4) is 0 Å². The molecule has 1 aliphatic rings. The minimum absolute atomic E-state index is 0.922. The van der Waals surface area contributed by atoms with Gasteiger partial charge in [0.05, 0.1) is 24.4 Å². The fourth-order valence-electron chi connectivity index (χ4n) is 3.59. The first kappa shape index (κ1) is 16.2. The molecule has 0 radical (unpaired) electrons. The predicted octanol–water partition coefficient (Wildman–Crippen LogP) is 4.12. The van der Waals surface area contributed by atoms with Gasteiger partial charge in [0.2, 0.25) is 5.95 Å². The normalized spacial score (nSPS) is 14.8. The van der Waals surface area contributed by atoms with Crippen molar-refractivity contribution in [2.45, 2.75) is 32.9 Å². The number of rotatable bonds is 6. The van der Waals surface area contributed by atoms with E-state index in [-0.39, 0.29) is 0 Å². The Bertz CT molecular complexity index is 824. The molecule has 130 valence electrons. The maximum atomic E-state index is 4.90. The smallest absolute Gasteiger partial charge is 0.208 e. The summed E-state index contributed by atoms with van der Waals surface area (Å²) in [6.45, 7) is 6.28. The van der Waals surface area contributed by atoms with E-state index < -0.39 is 0 Å². The van der Waals surface area contributed by atoms with Gasteiger partial charge in [-0.1, -0.05) is 55.8 Å². The number of para-hydroxylation sites is 2. The van der Waals surface area contributed by atoms with E-state index >= 15 is 0 Å². The van der Waals surface area contributed by atoms with Gasteiger partial charge in [0.25, 0.3) is 0 Å². The van der Waals surface area contributed by atoms with E-state index in [1.807, 2.05) is 0 Å². The molecule has 0 saturated carbocycles. The van der Waals surface area contributed by atoms with Gasteiger partial charge in [0.15, 0.2) is 0 Å². The molecular weight excluding hydrogens is 308 g/mol. The van der Waals surface area contributed by atoms with Gasteiger partial charge in [-0.15, -0.1) is 0 Å². The van der Waals surface area contributed by atoms with Crippen molar-refractivity contribution >= 4 is 17.0 Å². The largest absolute Gasteiger partial charge is 0.329 e. The summed E-state index contributed by atoms with van der Waals surface area (Å²) in [5.74, 6) is 1.13. The molecule has 4 rings (SSSR count). The zero-order valence-corrected chi connectivity index (χ0v) is 14.9. The summed E-state index contributed by atoms with van der Waals surface area (Å²) in [7, 11) is 0. The Morgan fingerprint density at radius 1 is 0.920 bits per heavy atom. The first-order valence-electron chi connectivity index (χ1n) is 9.31. The number of nitrogens with zero attached hydrogens (tertiary/aromatic N) is 4. The molecule has 0 atom stereocenters. The summed E-state index contributed by atoms with van der Waals surface area (Å²) >= 11 is 0. The number of aromatic nitrogens is 2. The SMILES string of the molecule is CCCCN1CN(CCc2ccccc2)Cn2c1nc1ccccc12. The van der Waals surface area contributed by atoms with Gasteiger partial charge in [-0.3, -0.25) is 9.47 Å². The van der Waals surface area contributed by atoms with Crippen LogP contribution in [-0.4, -0.2) is 34.2 Å². The maximum absolute atomic E-state index is 4.90. The second-order valence-corrected chi connectivity index (χ2v) is 6.86. The molecule has 3 aromatic rings. The fraction of sp³-hybridized carbons (Fsp3) is 0.381. The van der Waals surface area contributed by atoms with Gasteiger partial charge in [-0.25, -0.2) is 4.98 Å². The van der Waals surface area contributed by atoms with Crippen LogP contribution in [0.4, 0.5) is 5.95 Å². The monoisotopic (exact) mass is 334 g/mol. The highest BCUT2D eigenvalue weighted by Gasteiger charge is 2.25. The third-order valence-corrected chi connectivity index (χ3v) is 4.97. The van der Waals surface area contributed by atoms with Crippen LogP contribution in [0.2, 0.25) is 0 Å². The lowest BCUT2D eigenvalue weighted by molar-refractivity contribution is 0.201. The van der Waals surface area contributed by atoms with Crippen molar-refractivity contribution in [3.63, 3.8) is 0 Å². The quantitative estimate of drug-likeness (QED) is 0.678. The topological polar surface area (TPSA) is 24.3 Å². The Morgan fingerprint density at radius 3 is 2.56 bits per heavy atom. The highest BCUT2D eigenvalue weighted by molar-refractivity contribution is 5.79. The molecule has 0 unspecified atom stereocenters. The first-order valence-corrected chi connectivity index (χ1v) is 9.31. The average Bonchev–Trinajstić information content (AvgIpc) is 3.04. The molecule has 25 heavy (non-hydrogen) atoms. The lowest BCUT2D eigenvalue weighted by Crippen LogP contribution is -2.46. The van der Waals surface area contributed by atoms with E-state index in [2.05, 4.69) is 75.9 Å². The molecule has 0 spiro atoms. The van der Waals surface area contributed by atoms with E-state index in [1.165, 1.54) is 23.9 Å². The molecule has 1 aliphatic heterocycles. The third-order valence-electron chi connectivity index (χ3n) is 4.97. The maximum Gasteiger partial charge on any atom is 0.208 e. The van der Waals surface area contributed by atoms with Crippen LogP contribution in [0.1, 0.15) is 25.3 Å². The molecule has 0 N–H and O–H groups in total. The molecule has 0 aliphatic carbocycles. The Labute approximate surface area is 149 Å². The van der Waals surface area contributed by atoms with Crippen molar-refractivity contribution in [1.29, 1.82) is 0 Å². The summed E-state index contributed by atoms with van der Waals surface area (Å²) < 4.78 is 2.37. The Kier molecular flexibility index (Phi) is 4.70. The molecule has 1 aromatic heterocycles. The van der Waals surface area contributed by atoms with Gasteiger partial charge >= 0.3 is 0 Å². The fourth-order valence-corrected chi connectivity index (χ4v) is 3.59. The number of anilines is 1. The lowest BCUT2D eigenvalue weighted by atomic mass is 10.1. The predicted molar refractivity (Wildman–Crippen MR) is 104 cm³/mol. The van der Waals surface area contributed by atoms with Gasteiger partial charge in [0.1, 0.15) is 0 Å². The van der Waals surface area contributed by atoms with Crippen molar-refractivity contribution in [2.75, 3.05) is 24.7 Å². The van der Waals surface area contributed by atoms with E-state index in [4.69, 9.17) is 4.98 Å². The van der Waals surface area contributed by atoms with Crippen LogP contribution in [0.25, 0.3) is 11.0 Å². The minimum atomic E-state index is 0.922. The molecule has 0 saturated heterocycles. The first-order chi connectivity index (χ1) is 12.3. The number of hydrogen-bond donors (Lipinski definition) is 0. The van der Waals surface area contributed by atoms with E-state index in [1.54, 1.807) is 0 Å². The van der Waals surface area contributed by atoms with Crippen molar-refractivity contribution in [1.82, 2.24) is 14.5 Å². The summed E-state index contributed by atoms with van der Waals surface area (Å²) in [5, 5.41) is 0. The molecule has 0 bridgehead atoms. The molecule has 4 heteroatoms. The third kappa shape index (κ3) is 3.40. The van der Waals surface area contributed by atoms with Crippen LogP contribution in [0.15, 0.2) is 54.6 Å². The van der Waals surface area contributed by atoms with Crippen LogP contribution in [0.3, 0.4) is 0 Å². The lowest BCUT2D eigenvalue weighted by Gasteiger charge is -2.37. The molecule has 2 aromatic carbocycles. The van der Waals surface area contributed by atoms with Crippen LogP contribution in [0, 0.1) is 0 Å². The second-order valence-electron chi connectivity index (χ2n) is 6.86. The molecular formula is C21H26N4. The molecule has 4 nitrogen and oxygen atoms in total. The highest BCUT2D eigenvalue weighted by atomic mass is 15.5. The number of hydrogen-bond acceptors (Lipinski definition) is 3. The Hall–Kier alpha value is -2.33. The van der Waals surface area contributed by atoms with E-state index in [0.29, 0.717) is 0 Å². The van der Waals surface area contributed by atoms with Gasteiger partial charge in [0, 0.05) is 13.1 Å². The number of imidazole rings is 1. The average molecular weight is 334 g/mol. The van der Waals surface area contributed by atoms with Crippen molar-refractivity contribution in [3.05, 3.63) is 60.2 Å². The minimum Gasteiger partial charge on any atom is -0.329 e. The molecule has 0 fully saturated rings. The van der Waals surface area contributed by atoms with Gasteiger partial charge < -0.3 is 4.90 Å². The standard InChI is InChI=1S/C21H26N4/c1-2-3-14-24-16-23(15-13-18-9-5-4-6-10-18)17-25-20-12-8-7-11-19(20)22-21(24)25/h4-12H,2-3,13-17H2,1H3. The van der Waals surface area contributed by atoms with E-state index in [9.17, 15) is 0 Å². The number of unbranched alkanes of at least 4 members (excludes halogenated alkanes) is 1. The Morgan fingerprint density at radius 2 is 1.72 bits per heavy atom. The molecule has 0 amide bonds. The molecule has 2 heterocycles. The summed E-state index contributed by atoms with van der Waals surface area (Å²) in [6, 6.07) is 19.3. The zero-order valence-electron chi connectivity index (χ0n) is 14.9. The summed E-state index contributed by atoms with van der Waals surface area (Å²) in [5.41, 5.74) is 3.75. The van der Waals surface area contributed by atoms with Crippen LogP contribution in [-0.2, 0) is 13.1 Å². The van der Waals surface area contributed by atoms with Crippen molar-refractivity contribution < 1.29 is 0 Å². The Balaban J connectivity index is 1.57.